The van der Waals surface area contributed by atoms with Crippen molar-refractivity contribution in [3.8, 4) is 0 Å². The lowest BCUT2D eigenvalue weighted by Crippen LogP contribution is -2.60. The number of methoxy groups -OCH3 is 1. The van der Waals surface area contributed by atoms with E-state index in [-0.39, 0.29) is 30.9 Å². The van der Waals surface area contributed by atoms with Crippen LogP contribution in [0.1, 0.15) is 100 Å². The molecule has 4 aliphatic rings. The summed E-state index contributed by atoms with van der Waals surface area (Å²) >= 11 is 3.51. The molecule has 4 aliphatic heterocycles. The molecule has 2 bridgehead atoms. The topological polar surface area (TPSA) is 166 Å². The molecule has 7 unspecified atom stereocenters. The summed E-state index contributed by atoms with van der Waals surface area (Å²) in [6, 6.07) is 7.81. The number of halogens is 1. The number of ether oxygens (including phenoxy) is 7. The predicted molar refractivity (Wildman–Crippen MR) is 216 cm³/mol. The SMILES string of the molecule is CC[C@@H](O)[C@@](C)(O)[C@@H]1OC(=O)[C@H](C)[C@@H](O[C@H]2CC(C)(OC)[C@@H](O)C(C)O2)[C@H](C)[C@@H](O[C@@H]2OC(C)CC(N(C)Cc3ccc(Br)cc3)C2O)[C@@]2(C)CC(C)C(O2)[C@@H]1C. The molecule has 4 heterocycles. The van der Waals surface area contributed by atoms with Crippen molar-refractivity contribution in [2.24, 2.45) is 23.7 Å². The number of benzene rings is 1. The molecule has 326 valence electrons. The van der Waals surface area contributed by atoms with Crippen molar-refractivity contribution in [3.05, 3.63) is 34.3 Å². The zero-order chi connectivity index (χ0) is 42.4. The van der Waals surface area contributed by atoms with Gasteiger partial charge in [0.2, 0.25) is 0 Å². The molecule has 19 atom stereocenters. The smallest absolute Gasteiger partial charge is 0.311 e. The van der Waals surface area contributed by atoms with Crippen LogP contribution in [0.4, 0.5) is 0 Å². The van der Waals surface area contributed by atoms with E-state index in [2.05, 4.69) is 39.9 Å². The first kappa shape index (κ1) is 46.8. The van der Waals surface area contributed by atoms with Crippen molar-refractivity contribution in [2.75, 3.05) is 14.2 Å². The van der Waals surface area contributed by atoms with Crippen molar-refractivity contribution in [2.45, 2.75) is 192 Å². The fourth-order valence-electron chi connectivity index (χ4n) is 10.1. The van der Waals surface area contributed by atoms with Gasteiger partial charge in [-0.15, -0.1) is 0 Å². The third-order valence-electron chi connectivity index (χ3n) is 13.6. The van der Waals surface area contributed by atoms with E-state index >= 15 is 0 Å². The minimum atomic E-state index is -1.80. The van der Waals surface area contributed by atoms with Crippen LogP contribution in [0.25, 0.3) is 0 Å². The van der Waals surface area contributed by atoms with Crippen LogP contribution in [0.2, 0.25) is 0 Å². The number of carbonyl (C=O) groups is 1. The predicted octanol–water partition coefficient (Wildman–Crippen LogP) is 4.96. The number of likely N-dealkylation sites (N-methyl/N-ethyl adjacent to an activating group) is 1. The second kappa shape index (κ2) is 18.4. The molecule has 4 saturated heterocycles. The number of nitrogens with zero attached hydrogens (tertiary/aromatic N) is 1. The minimum absolute atomic E-state index is 0.0809. The highest BCUT2D eigenvalue weighted by Gasteiger charge is 2.59. The number of carbonyl (C=O) groups excluding carboxylic acids is 1. The maximum absolute atomic E-state index is 14.4. The van der Waals surface area contributed by atoms with Gasteiger partial charge in [-0.25, -0.2) is 0 Å². The number of esters is 1. The molecule has 57 heavy (non-hydrogen) atoms. The Morgan fingerprint density at radius 2 is 1.67 bits per heavy atom. The molecule has 0 aliphatic carbocycles. The molecule has 4 fully saturated rings. The van der Waals surface area contributed by atoms with Gasteiger partial charge in [0.15, 0.2) is 12.6 Å². The van der Waals surface area contributed by atoms with Crippen molar-refractivity contribution in [1.82, 2.24) is 4.90 Å². The monoisotopic (exact) mass is 871 g/mol. The largest absolute Gasteiger partial charge is 0.459 e. The number of rotatable bonds is 11. The number of cyclic esters (lactones) is 1. The van der Waals surface area contributed by atoms with E-state index in [1.165, 1.54) is 14.0 Å². The molecular weight excluding hydrogens is 802 g/mol. The molecule has 1 aromatic carbocycles. The summed E-state index contributed by atoms with van der Waals surface area (Å²) in [5, 5.41) is 46.0. The third kappa shape index (κ3) is 9.78. The Balaban J connectivity index is 1.55. The van der Waals surface area contributed by atoms with E-state index in [1.807, 2.05) is 46.9 Å². The van der Waals surface area contributed by atoms with Gasteiger partial charge in [0.25, 0.3) is 0 Å². The Labute approximate surface area is 348 Å². The molecule has 5 rings (SSSR count). The Bertz CT molecular complexity index is 1490. The highest BCUT2D eigenvalue weighted by atomic mass is 79.9. The van der Waals surface area contributed by atoms with Crippen LogP contribution in [0.5, 0.6) is 0 Å². The van der Waals surface area contributed by atoms with Gasteiger partial charge < -0.3 is 53.6 Å². The van der Waals surface area contributed by atoms with Crippen molar-refractivity contribution >= 4 is 21.9 Å². The van der Waals surface area contributed by atoms with Gasteiger partial charge in [-0.05, 0) is 91.5 Å². The summed E-state index contributed by atoms with van der Waals surface area (Å²) in [4.78, 5) is 16.6. The van der Waals surface area contributed by atoms with Crippen LogP contribution in [0.3, 0.4) is 0 Å². The van der Waals surface area contributed by atoms with Crippen LogP contribution in [0, 0.1) is 23.7 Å². The molecular formula is C43H70BrNO12. The maximum atomic E-state index is 14.4. The van der Waals surface area contributed by atoms with E-state index in [9.17, 15) is 25.2 Å². The standard InChI is InChI=1S/C43H70BrNO12/c1-13-31(46)43(10,50)38-24(4)34-22(2)19-42(9,57-34)37(56-40-33(47)30(18-23(3)52-40)45(11)21-28-14-16-29(44)17-15-28)25(5)35(26(6)39(49)55-38)54-32-20-41(8,51-12)36(48)27(7)53-32/h14-17,22-27,30-38,40,46-48,50H,13,18-21H2,1-12H3/t22?,23?,24-,25-,26+,27?,30?,31+,32-,33?,34?,35-,36-,37+,38+,40-,41?,42+,43+/m0/s1. The number of hydrogen-bond acceptors (Lipinski definition) is 13. The van der Waals surface area contributed by atoms with E-state index in [4.69, 9.17) is 33.2 Å². The van der Waals surface area contributed by atoms with Gasteiger partial charge in [-0.2, -0.15) is 0 Å². The molecule has 14 heteroatoms. The number of hydrogen-bond donors (Lipinski definition) is 4. The molecule has 0 spiro atoms. The minimum Gasteiger partial charge on any atom is -0.459 e. The quantitative estimate of drug-likeness (QED) is 0.221. The summed E-state index contributed by atoms with van der Waals surface area (Å²) in [6.07, 6.45) is -7.79. The fraction of sp³-hybridized carbons (Fsp3) is 0.837. The zero-order valence-electron chi connectivity index (χ0n) is 36.0. The van der Waals surface area contributed by atoms with Gasteiger partial charge in [0, 0.05) is 42.4 Å². The Morgan fingerprint density at radius 3 is 2.28 bits per heavy atom. The second-order valence-electron chi connectivity index (χ2n) is 18.3. The summed E-state index contributed by atoms with van der Waals surface area (Å²) in [6.45, 7) is 19.0. The average Bonchev–Trinajstić information content (AvgIpc) is 3.48. The van der Waals surface area contributed by atoms with Gasteiger partial charge >= 0.3 is 5.97 Å². The summed E-state index contributed by atoms with van der Waals surface area (Å²) < 4.78 is 46.7. The van der Waals surface area contributed by atoms with E-state index in [0.717, 1.165) is 10.0 Å². The number of fused-ring (bicyclic) bond motifs is 2. The lowest BCUT2D eigenvalue weighted by molar-refractivity contribution is -0.318. The van der Waals surface area contributed by atoms with E-state index in [1.54, 1.807) is 27.7 Å². The summed E-state index contributed by atoms with van der Waals surface area (Å²) in [5.74, 6) is -2.78. The Hall–Kier alpha value is -1.27. The maximum Gasteiger partial charge on any atom is 0.311 e. The summed E-state index contributed by atoms with van der Waals surface area (Å²) in [7, 11) is 3.52. The van der Waals surface area contributed by atoms with Crippen LogP contribution < -0.4 is 0 Å². The number of aliphatic hydroxyl groups excluding tert-OH is 3. The normalized spacial score (nSPS) is 44.9. The van der Waals surface area contributed by atoms with Crippen molar-refractivity contribution in [1.29, 1.82) is 0 Å². The molecule has 0 amide bonds. The van der Waals surface area contributed by atoms with Gasteiger partial charge in [0.1, 0.15) is 23.9 Å². The van der Waals surface area contributed by atoms with Crippen molar-refractivity contribution in [3.63, 3.8) is 0 Å². The van der Waals surface area contributed by atoms with Crippen LogP contribution in [-0.2, 0) is 44.5 Å². The lowest BCUT2D eigenvalue weighted by atomic mass is 9.76. The molecule has 0 radical (unpaired) electrons. The van der Waals surface area contributed by atoms with Crippen LogP contribution >= 0.6 is 15.9 Å². The number of aliphatic hydroxyl groups is 4. The highest BCUT2D eigenvalue weighted by molar-refractivity contribution is 9.10. The van der Waals surface area contributed by atoms with Gasteiger partial charge in [-0.1, -0.05) is 55.8 Å². The molecule has 13 nitrogen and oxygen atoms in total. The fourth-order valence-corrected chi connectivity index (χ4v) is 10.4. The second-order valence-corrected chi connectivity index (χ2v) is 19.3. The van der Waals surface area contributed by atoms with E-state index in [0.29, 0.717) is 19.4 Å². The Morgan fingerprint density at radius 1 is 1.02 bits per heavy atom. The summed E-state index contributed by atoms with van der Waals surface area (Å²) in [5.41, 5.74) is -2.69. The first-order valence-corrected chi connectivity index (χ1v) is 21.6. The van der Waals surface area contributed by atoms with Crippen LogP contribution in [0.15, 0.2) is 28.7 Å². The first-order chi connectivity index (χ1) is 26.6. The lowest BCUT2D eigenvalue weighted by Gasteiger charge is -2.48. The van der Waals surface area contributed by atoms with E-state index < -0.39 is 102 Å². The van der Waals surface area contributed by atoms with Crippen molar-refractivity contribution < 1.29 is 58.4 Å². The first-order valence-electron chi connectivity index (χ1n) is 20.8. The Kier molecular flexibility index (Phi) is 15.1. The average molecular weight is 873 g/mol. The highest BCUT2D eigenvalue weighted by Crippen LogP contribution is 2.48. The van der Waals surface area contributed by atoms with Gasteiger partial charge in [-0.3, -0.25) is 9.69 Å². The van der Waals surface area contributed by atoms with Crippen LogP contribution in [-0.4, -0.2) is 136 Å². The molecule has 4 N–H and O–H groups in total. The zero-order valence-corrected chi connectivity index (χ0v) is 37.5. The molecule has 0 aromatic heterocycles. The third-order valence-corrected chi connectivity index (χ3v) is 14.1. The van der Waals surface area contributed by atoms with Gasteiger partial charge in [0.05, 0.1) is 53.7 Å². The molecule has 1 aromatic rings. The molecule has 0 saturated carbocycles.